The largest absolute Gasteiger partial charge is 0.301 e. The number of nitro benzene ring substituents is 1. The summed E-state index contributed by atoms with van der Waals surface area (Å²) in [5.41, 5.74) is 2.22. The lowest BCUT2D eigenvalue weighted by Gasteiger charge is -2.12. The van der Waals surface area contributed by atoms with Gasteiger partial charge in [0.15, 0.2) is 10.3 Å². The molecule has 0 saturated carbocycles. The highest BCUT2D eigenvalue weighted by molar-refractivity contribution is 7.99. The van der Waals surface area contributed by atoms with Crippen LogP contribution in [0, 0.1) is 10.1 Å². The monoisotopic (exact) mass is 437 g/mol. The van der Waals surface area contributed by atoms with E-state index in [0.29, 0.717) is 21.5 Å². The summed E-state index contributed by atoms with van der Waals surface area (Å²) in [5, 5.41) is 16.9. The molecule has 10 heteroatoms. The Hall–Kier alpha value is -3.50. The van der Waals surface area contributed by atoms with Gasteiger partial charge in [-0.3, -0.25) is 19.5 Å². The third kappa shape index (κ3) is 4.39. The fourth-order valence-electron chi connectivity index (χ4n) is 2.82. The summed E-state index contributed by atoms with van der Waals surface area (Å²) >= 11 is 2.63. The average Bonchev–Trinajstić information content (AvgIpc) is 3.42. The molecule has 2 heterocycles. The number of aromatic nitrogens is 3. The number of carbonyl (C=O) groups is 1. The zero-order valence-electron chi connectivity index (χ0n) is 15.5. The highest BCUT2D eigenvalue weighted by Crippen LogP contribution is 2.31. The standard InChI is InChI=1S/C20H15N5O3S2/c26-18(23-19-21-9-10-29-19)13-30-20-22-12-17(24(20)15-6-2-1-3-7-15)14-5-4-8-16(11-14)25(27)28/h1-12H,13H2,(H,21,23,26). The first kappa shape index (κ1) is 19.8. The molecule has 0 saturated heterocycles. The number of benzene rings is 2. The second kappa shape index (κ2) is 8.89. The molecule has 0 bridgehead atoms. The normalized spacial score (nSPS) is 10.7. The minimum absolute atomic E-state index is 0.00494. The van der Waals surface area contributed by atoms with E-state index in [4.69, 9.17) is 0 Å². The van der Waals surface area contributed by atoms with E-state index in [1.807, 2.05) is 34.9 Å². The molecule has 0 fully saturated rings. The van der Waals surface area contributed by atoms with E-state index in [9.17, 15) is 14.9 Å². The molecule has 1 N–H and O–H groups in total. The Morgan fingerprint density at radius 2 is 2.00 bits per heavy atom. The van der Waals surface area contributed by atoms with Crippen LogP contribution in [0.3, 0.4) is 0 Å². The molecule has 4 rings (SSSR count). The van der Waals surface area contributed by atoms with Gasteiger partial charge in [0.2, 0.25) is 5.91 Å². The van der Waals surface area contributed by atoms with Crippen molar-refractivity contribution in [2.24, 2.45) is 0 Å². The van der Waals surface area contributed by atoms with Crippen molar-refractivity contribution in [3.63, 3.8) is 0 Å². The van der Waals surface area contributed by atoms with Gasteiger partial charge in [-0.1, -0.05) is 42.1 Å². The summed E-state index contributed by atoms with van der Waals surface area (Å²) in [5.74, 6) is -0.0351. The molecule has 4 aromatic rings. The first-order valence-electron chi connectivity index (χ1n) is 8.82. The Kier molecular flexibility index (Phi) is 5.87. The number of para-hydroxylation sites is 1. The first-order valence-corrected chi connectivity index (χ1v) is 10.7. The second-order valence-corrected chi connectivity index (χ2v) is 7.92. The number of thiazole rings is 1. The van der Waals surface area contributed by atoms with Gasteiger partial charge in [0, 0.05) is 35.0 Å². The fourth-order valence-corrected chi connectivity index (χ4v) is 4.15. The van der Waals surface area contributed by atoms with Crippen molar-refractivity contribution in [1.82, 2.24) is 14.5 Å². The molecule has 0 unspecified atom stereocenters. The predicted octanol–water partition coefficient (Wildman–Crippen LogP) is 4.63. The quantitative estimate of drug-likeness (QED) is 0.257. The van der Waals surface area contributed by atoms with Crippen LogP contribution in [-0.4, -0.2) is 31.1 Å². The van der Waals surface area contributed by atoms with E-state index in [1.54, 1.807) is 29.9 Å². The second-order valence-electron chi connectivity index (χ2n) is 6.08. The highest BCUT2D eigenvalue weighted by atomic mass is 32.2. The van der Waals surface area contributed by atoms with Gasteiger partial charge in [-0.2, -0.15) is 0 Å². The Morgan fingerprint density at radius 3 is 2.73 bits per heavy atom. The lowest BCUT2D eigenvalue weighted by Crippen LogP contribution is -2.14. The van der Waals surface area contributed by atoms with Crippen molar-refractivity contribution in [3.05, 3.63) is 82.5 Å². The molecule has 30 heavy (non-hydrogen) atoms. The smallest absolute Gasteiger partial charge is 0.270 e. The fraction of sp³-hybridized carbons (Fsp3) is 0.0500. The topological polar surface area (TPSA) is 103 Å². The summed E-state index contributed by atoms with van der Waals surface area (Å²) in [6, 6.07) is 15.9. The number of nitro groups is 1. The van der Waals surface area contributed by atoms with Gasteiger partial charge in [-0.15, -0.1) is 11.3 Å². The number of nitrogens with one attached hydrogen (secondary N) is 1. The molecule has 0 aliphatic rings. The van der Waals surface area contributed by atoms with Gasteiger partial charge in [0.05, 0.1) is 22.6 Å². The Balaban J connectivity index is 1.65. The number of carbonyl (C=O) groups excluding carboxylic acids is 1. The highest BCUT2D eigenvalue weighted by Gasteiger charge is 2.17. The van der Waals surface area contributed by atoms with Crippen LogP contribution in [0.4, 0.5) is 10.8 Å². The zero-order valence-corrected chi connectivity index (χ0v) is 17.1. The van der Waals surface area contributed by atoms with E-state index in [-0.39, 0.29) is 17.3 Å². The van der Waals surface area contributed by atoms with Crippen molar-refractivity contribution in [3.8, 4) is 16.9 Å². The van der Waals surface area contributed by atoms with Gasteiger partial charge in [0.1, 0.15) is 0 Å². The van der Waals surface area contributed by atoms with Crippen LogP contribution in [0.15, 0.2) is 77.5 Å². The van der Waals surface area contributed by atoms with Crippen LogP contribution in [0.5, 0.6) is 0 Å². The Morgan fingerprint density at radius 1 is 1.17 bits per heavy atom. The molecule has 8 nitrogen and oxygen atoms in total. The third-order valence-electron chi connectivity index (χ3n) is 4.11. The van der Waals surface area contributed by atoms with E-state index in [1.165, 1.54) is 35.2 Å². The number of non-ortho nitro benzene ring substituents is 1. The van der Waals surface area contributed by atoms with Crippen LogP contribution in [-0.2, 0) is 4.79 Å². The third-order valence-corrected chi connectivity index (χ3v) is 5.75. The van der Waals surface area contributed by atoms with Crippen LogP contribution in [0.1, 0.15) is 0 Å². The maximum absolute atomic E-state index is 12.3. The van der Waals surface area contributed by atoms with E-state index in [2.05, 4.69) is 15.3 Å². The SMILES string of the molecule is O=C(CSc1ncc(-c2cccc([N+](=O)[O-])c2)n1-c1ccccc1)Nc1nccs1. The molecule has 0 radical (unpaired) electrons. The van der Waals surface area contributed by atoms with Crippen molar-refractivity contribution in [1.29, 1.82) is 0 Å². The van der Waals surface area contributed by atoms with Gasteiger partial charge in [-0.25, -0.2) is 9.97 Å². The Bertz CT molecular complexity index is 1180. The van der Waals surface area contributed by atoms with Crippen LogP contribution < -0.4 is 5.32 Å². The number of imidazole rings is 1. The van der Waals surface area contributed by atoms with Crippen molar-refractivity contribution < 1.29 is 9.72 Å². The summed E-state index contributed by atoms with van der Waals surface area (Å²) in [4.78, 5) is 31.5. The molecular weight excluding hydrogens is 422 g/mol. The number of thioether (sulfide) groups is 1. The molecular formula is C20H15N5O3S2. The van der Waals surface area contributed by atoms with Gasteiger partial charge in [0.25, 0.3) is 5.69 Å². The number of nitrogens with zero attached hydrogens (tertiary/aromatic N) is 4. The summed E-state index contributed by atoms with van der Waals surface area (Å²) < 4.78 is 1.89. The molecule has 0 aliphatic carbocycles. The summed E-state index contributed by atoms with van der Waals surface area (Å²) in [6.07, 6.45) is 3.29. The van der Waals surface area contributed by atoms with Crippen molar-refractivity contribution in [2.45, 2.75) is 5.16 Å². The molecule has 2 aromatic carbocycles. The van der Waals surface area contributed by atoms with Crippen molar-refractivity contribution in [2.75, 3.05) is 11.1 Å². The maximum Gasteiger partial charge on any atom is 0.270 e. The molecule has 0 atom stereocenters. The van der Waals surface area contributed by atoms with E-state index < -0.39 is 4.92 Å². The number of hydrogen-bond acceptors (Lipinski definition) is 7. The van der Waals surface area contributed by atoms with Gasteiger partial charge < -0.3 is 5.32 Å². The predicted molar refractivity (Wildman–Crippen MR) is 117 cm³/mol. The van der Waals surface area contributed by atoms with E-state index >= 15 is 0 Å². The van der Waals surface area contributed by atoms with Gasteiger partial charge >= 0.3 is 0 Å². The van der Waals surface area contributed by atoms with Crippen LogP contribution in [0.25, 0.3) is 16.9 Å². The number of rotatable bonds is 7. The lowest BCUT2D eigenvalue weighted by atomic mass is 10.1. The maximum atomic E-state index is 12.3. The van der Waals surface area contributed by atoms with Crippen LogP contribution in [0.2, 0.25) is 0 Å². The number of hydrogen-bond donors (Lipinski definition) is 1. The zero-order chi connectivity index (χ0) is 20.9. The summed E-state index contributed by atoms with van der Waals surface area (Å²) in [7, 11) is 0. The molecule has 0 aliphatic heterocycles. The van der Waals surface area contributed by atoms with Crippen molar-refractivity contribution >= 4 is 39.8 Å². The average molecular weight is 438 g/mol. The molecule has 2 aromatic heterocycles. The number of anilines is 1. The van der Waals surface area contributed by atoms with Gasteiger partial charge in [-0.05, 0) is 12.1 Å². The number of amides is 1. The molecule has 1 amide bonds. The Labute approximate surface area is 179 Å². The minimum Gasteiger partial charge on any atom is -0.301 e. The summed E-state index contributed by atoms with van der Waals surface area (Å²) in [6.45, 7) is 0. The molecule has 0 spiro atoms. The lowest BCUT2D eigenvalue weighted by molar-refractivity contribution is -0.384. The molecule has 150 valence electrons. The van der Waals surface area contributed by atoms with Crippen LogP contribution >= 0.6 is 23.1 Å². The van der Waals surface area contributed by atoms with E-state index in [0.717, 1.165) is 5.69 Å². The first-order chi connectivity index (χ1) is 14.6. The minimum atomic E-state index is -0.425.